The first-order valence-electron chi connectivity index (χ1n) is 7.52. The minimum Gasteiger partial charge on any atom is -0.492 e. The predicted molar refractivity (Wildman–Crippen MR) is 89.8 cm³/mol. The van der Waals surface area contributed by atoms with Crippen molar-refractivity contribution < 1.29 is 14.3 Å². The number of hydrogen-bond acceptors (Lipinski definition) is 3. The molecule has 1 aromatic rings. The van der Waals surface area contributed by atoms with Crippen LogP contribution in [0.25, 0.3) is 0 Å². The van der Waals surface area contributed by atoms with E-state index in [-0.39, 0.29) is 11.9 Å². The maximum absolute atomic E-state index is 12.1. The highest BCUT2D eigenvalue weighted by Crippen LogP contribution is 2.29. The molecule has 0 radical (unpaired) electrons. The molecule has 0 aliphatic carbocycles. The average molecular weight is 337 g/mol. The van der Waals surface area contributed by atoms with Gasteiger partial charge in [-0.05, 0) is 38.3 Å². The number of ether oxygens (including phenoxy) is 1. The third-order valence-corrected chi connectivity index (χ3v) is 3.93. The van der Waals surface area contributed by atoms with Crippen molar-refractivity contribution in [3.63, 3.8) is 0 Å². The summed E-state index contributed by atoms with van der Waals surface area (Å²) >= 11 is 6.17. The number of nitrogens with zero attached hydrogens (tertiary/aromatic N) is 1. The number of benzene rings is 1. The highest BCUT2D eigenvalue weighted by atomic mass is 35.5. The van der Waals surface area contributed by atoms with Crippen LogP contribution in [0.4, 0.5) is 4.79 Å². The fourth-order valence-electron chi connectivity index (χ4n) is 2.45. The number of nitrogens with one attached hydrogen (secondary N) is 1. The van der Waals surface area contributed by atoms with Gasteiger partial charge in [-0.3, -0.25) is 9.69 Å². The topological polar surface area (TPSA) is 58.6 Å². The summed E-state index contributed by atoms with van der Waals surface area (Å²) < 4.78 is 5.75. The van der Waals surface area contributed by atoms with E-state index < -0.39 is 5.54 Å². The molecule has 1 aliphatic heterocycles. The van der Waals surface area contributed by atoms with Crippen molar-refractivity contribution in [3.05, 3.63) is 41.4 Å². The van der Waals surface area contributed by atoms with Gasteiger partial charge in [0.2, 0.25) is 0 Å². The van der Waals surface area contributed by atoms with E-state index in [9.17, 15) is 9.59 Å². The number of carbonyl (C=O) groups excluding carboxylic acids is 2. The highest BCUT2D eigenvalue weighted by molar-refractivity contribution is 6.32. The van der Waals surface area contributed by atoms with Crippen LogP contribution < -0.4 is 10.1 Å². The Bertz CT molecular complexity index is 628. The molecule has 1 aliphatic rings. The number of carbonyl (C=O) groups is 2. The summed E-state index contributed by atoms with van der Waals surface area (Å²) in [4.78, 5) is 25.1. The zero-order valence-electron chi connectivity index (χ0n) is 13.4. The molecule has 1 heterocycles. The zero-order chi connectivity index (χ0) is 17.0. The first kappa shape index (κ1) is 17.3. The molecule has 1 N–H and O–H groups in total. The molecule has 3 amide bonds. The van der Waals surface area contributed by atoms with Crippen LogP contribution in [0.3, 0.4) is 0 Å². The first-order chi connectivity index (χ1) is 10.9. The molecule has 0 bridgehead atoms. The van der Waals surface area contributed by atoms with Crippen molar-refractivity contribution in [2.24, 2.45) is 0 Å². The molecule has 5 nitrogen and oxygen atoms in total. The minimum absolute atomic E-state index is 0.215. The van der Waals surface area contributed by atoms with Crippen LogP contribution in [-0.4, -0.2) is 35.5 Å². The smallest absolute Gasteiger partial charge is 0.325 e. The van der Waals surface area contributed by atoms with Crippen LogP contribution in [0.2, 0.25) is 5.02 Å². The van der Waals surface area contributed by atoms with Crippen molar-refractivity contribution in [1.29, 1.82) is 0 Å². The van der Waals surface area contributed by atoms with E-state index in [2.05, 4.69) is 11.9 Å². The number of para-hydroxylation sites is 1. The standard InChI is InChI=1S/C17H21ClN2O3/c1-4-7-12-8-5-9-13(18)14(12)23-11-6-10-20-15(21)17(2,3)19-16(20)22/h4-5,8-9H,1,6-7,10-11H2,2-3H3,(H,19,22). The van der Waals surface area contributed by atoms with Gasteiger partial charge in [0.1, 0.15) is 11.3 Å². The Morgan fingerprint density at radius 1 is 1.39 bits per heavy atom. The minimum atomic E-state index is -0.836. The Kier molecular flexibility index (Phi) is 5.31. The van der Waals surface area contributed by atoms with Crippen molar-refractivity contribution in [3.8, 4) is 5.75 Å². The predicted octanol–water partition coefficient (Wildman–Crippen LogP) is 3.17. The van der Waals surface area contributed by atoms with Crippen molar-refractivity contribution in [1.82, 2.24) is 10.2 Å². The monoisotopic (exact) mass is 336 g/mol. The SMILES string of the molecule is C=CCc1cccc(Cl)c1OCCCN1C(=O)NC(C)(C)C1=O. The molecule has 0 aromatic heterocycles. The van der Waals surface area contributed by atoms with E-state index in [4.69, 9.17) is 16.3 Å². The molecule has 0 unspecified atom stereocenters. The van der Waals surface area contributed by atoms with Gasteiger partial charge in [0, 0.05) is 6.54 Å². The normalized spacial score (nSPS) is 16.4. The third-order valence-electron chi connectivity index (χ3n) is 3.63. The summed E-state index contributed by atoms with van der Waals surface area (Å²) in [6, 6.07) is 5.21. The Hall–Kier alpha value is -2.01. The van der Waals surface area contributed by atoms with Crippen LogP contribution in [0, 0.1) is 0 Å². The van der Waals surface area contributed by atoms with E-state index in [0.717, 1.165) is 5.56 Å². The van der Waals surface area contributed by atoms with Gasteiger partial charge < -0.3 is 10.1 Å². The largest absolute Gasteiger partial charge is 0.492 e. The first-order valence-corrected chi connectivity index (χ1v) is 7.90. The fourth-order valence-corrected chi connectivity index (χ4v) is 2.70. The molecule has 2 rings (SSSR count). The van der Waals surface area contributed by atoms with Gasteiger partial charge in [0.05, 0.1) is 11.6 Å². The van der Waals surface area contributed by atoms with Crippen LogP contribution >= 0.6 is 11.6 Å². The fraction of sp³-hybridized carbons (Fsp3) is 0.412. The maximum atomic E-state index is 12.1. The van der Waals surface area contributed by atoms with Crippen LogP contribution in [-0.2, 0) is 11.2 Å². The highest BCUT2D eigenvalue weighted by Gasteiger charge is 2.43. The molecule has 0 spiro atoms. The Labute approximate surface area is 141 Å². The van der Waals surface area contributed by atoms with Crippen LogP contribution in [0.15, 0.2) is 30.9 Å². The van der Waals surface area contributed by atoms with Gasteiger partial charge in [-0.2, -0.15) is 0 Å². The van der Waals surface area contributed by atoms with Gasteiger partial charge in [-0.15, -0.1) is 6.58 Å². The average Bonchev–Trinajstić information content (AvgIpc) is 2.67. The van der Waals surface area contributed by atoms with Gasteiger partial charge in [-0.25, -0.2) is 4.79 Å². The molecular formula is C17H21ClN2O3. The molecule has 1 fully saturated rings. The number of hydrogen-bond donors (Lipinski definition) is 1. The Morgan fingerprint density at radius 2 is 2.13 bits per heavy atom. The van der Waals surface area contributed by atoms with Gasteiger partial charge in [-0.1, -0.05) is 29.8 Å². The molecular weight excluding hydrogens is 316 g/mol. The second kappa shape index (κ2) is 7.04. The second-order valence-corrected chi connectivity index (χ2v) is 6.34. The van der Waals surface area contributed by atoms with E-state index in [1.807, 2.05) is 12.1 Å². The number of imide groups is 1. The molecule has 1 aromatic carbocycles. The Morgan fingerprint density at radius 3 is 2.74 bits per heavy atom. The van der Waals surface area contributed by atoms with Crippen molar-refractivity contribution in [2.75, 3.05) is 13.2 Å². The number of urea groups is 1. The number of halogens is 1. The lowest BCUT2D eigenvalue weighted by Crippen LogP contribution is -2.40. The van der Waals surface area contributed by atoms with Crippen LogP contribution in [0.5, 0.6) is 5.75 Å². The van der Waals surface area contributed by atoms with E-state index in [1.54, 1.807) is 26.0 Å². The number of rotatable bonds is 7. The zero-order valence-corrected chi connectivity index (χ0v) is 14.2. The maximum Gasteiger partial charge on any atom is 0.325 e. The lowest BCUT2D eigenvalue weighted by molar-refractivity contribution is -0.130. The summed E-state index contributed by atoms with van der Waals surface area (Å²) in [7, 11) is 0. The summed E-state index contributed by atoms with van der Waals surface area (Å²) in [6.07, 6.45) is 2.99. The van der Waals surface area contributed by atoms with Crippen molar-refractivity contribution in [2.45, 2.75) is 32.2 Å². The molecule has 6 heteroatoms. The Balaban J connectivity index is 1.90. The van der Waals surface area contributed by atoms with Crippen molar-refractivity contribution >= 4 is 23.5 Å². The summed E-state index contributed by atoms with van der Waals surface area (Å²) in [5, 5.41) is 3.19. The molecule has 0 saturated carbocycles. The van der Waals surface area contributed by atoms with Gasteiger partial charge in [0.15, 0.2) is 0 Å². The summed E-state index contributed by atoms with van der Waals surface area (Å²) in [5.74, 6) is 0.416. The van der Waals surface area contributed by atoms with E-state index >= 15 is 0 Å². The molecule has 23 heavy (non-hydrogen) atoms. The summed E-state index contributed by atoms with van der Waals surface area (Å²) in [6.45, 7) is 7.78. The van der Waals surface area contributed by atoms with Gasteiger partial charge in [0.25, 0.3) is 5.91 Å². The molecule has 124 valence electrons. The third kappa shape index (κ3) is 3.85. The van der Waals surface area contributed by atoms with Crippen LogP contribution in [0.1, 0.15) is 25.8 Å². The van der Waals surface area contributed by atoms with E-state index in [0.29, 0.717) is 36.8 Å². The molecule has 1 saturated heterocycles. The lowest BCUT2D eigenvalue weighted by Gasteiger charge is -2.16. The summed E-state index contributed by atoms with van der Waals surface area (Å²) in [5.41, 5.74) is 0.126. The number of allylic oxidation sites excluding steroid dienone is 1. The molecule has 0 atom stereocenters. The second-order valence-electron chi connectivity index (χ2n) is 5.93. The quantitative estimate of drug-likeness (QED) is 0.472. The van der Waals surface area contributed by atoms with E-state index in [1.165, 1.54) is 4.90 Å². The van der Waals surface area contributed by atoms with Gasteiger partial charge >= 0.3 is 6.03 Å². The number of amides is 3. The lowest BCUT2D eigenvalue weighted by atomic mass is 10.1.